The molecule has 342 valence electrons. The summed E-state index contributed by atoms with van der Waals surface area (Å²) in [5, 5.41) is 10.7. The van der Waals surface area contributed by atoms with Gasteiger partial charge in [-0.25, -0.2) is 9.59 Å². The molecule has 0 radical (unpaired) electrons. The Bertz CT molecular complexity index is 2740. The van der Waals surface area contributed by atoms with Gasteiger partial charge in [0.2, 0.25) is 17.7 Å². The van der Waals surface area contributed by atoms with Crippen LogP contribution < -0.4 is 25.0 Å². The van der Waals surface area contributed by atoms with Gasteiger partial charge in [-0.1, -0.05) is 36.4 Å². The number of hydrogen-bond donors (Lipinski definition) is 2. The molecular weight excluding hydrogens is 843 g/mol. The minimum Gasteiger partial charge on any atom is -0.497 e. The quantitative estimate of drug-likeness (QED) is 0.115. The van der Waals surface area contributed by atoms with Crippen LogP contribution in [-0.2, 0) is 31.9 Å². The molecule has 2 aromatic heterocycles. The minimum atomic E-state index is -0.672. The lowest BCUT2D eigenvalue weighted by atomic mass is 9.98. The van der Waals surface area contributed by atoms with Gasteiger partial charge >= 0.3 is 12.1 Å². The number of carbonyl (C=O) groups excluding carboxylic acids is 5. The van der Waals surface area contributed by atoms with Crippen LogP contribution in [0.15, 0.2) is 110 Å². The van der Waals surface area contributed by atoms with Crippen LogP contribution in [0.4, 0.5) is 16.2 Å². The number of primary amides is 1. The van der Waals surface area contributed by atoms with Gasteiger partial charge in [0.1, 0.15) is 17.1 Å². The standard InChI is InChI=1S/C28H31N3O6.C22H22N4O3/c1-28(2,3)37-27(34)31-17-20(16-29-31)23-10-9-21(15-24(23)26(33)36-5)30-12-11-19(25(30)32)13-18-7-6-8-22(14-18)35-4;1-29-18-4-2-3-14(10-18)9-15-7-8-26(22(15)28)17-5-6-19(16-12-24-25-13-16)20(11-17)21(23)27/h6-10,14-17,19H,11-13H2,1-5H3;2-6,10-13,15H,7-9H2,1H3,(H2,23,27)(H,24,25). The molecule has 66 heavy (non-hydrogen) atoms. The van der Waals surface area contributed by atoms with Crippen molar-refractivity contribution in [2.45, 2.75) is 52.1 Å². The van der Waals surface area contributed by atoms with Crippen molar-refractivity contribution in [2.75, 3.05) is 44.2 Å². The topological polar surface area (TPSA) is 201 Å². The van der Waals surface area contributed by atoms with Crippen molar-refractivity contribution in [3.63, 3.8) is 0 Å². The summed E-state index contributed by atoms with van der Waals surface area (Å²) in [6.45, 7) is 6.46. The highest BCUT2D eigenvalue weighted by Gasteiger charge is 2.35. The number of carbonyl (C=O) groups is 5. The number of ether oxygens (including phenoxy) is 4. The van der Waals surface area contributed by atoms with E-state index in [1.54, 1.807) is 81.4 Å². The maximum atomic E-state index is 13.3. The molecule has 2 aliphatic heterocycles. The van der Waals surface area contributed by atoms with Gasteiger partial charge in [0.25, 0.3) is 0 Å². The molecule has 2 fully saturated rings. The fraction of sp³-hybridized carbons (Fsp3) is 0.300. The van der Waals surface area contributed by atoms with Crippen LogP contribution in [0.3, 0.4) is 0 Å². The number of anilines is 2. The number of nitrogens with zero attached hydrogens (tertiary/aromatic N) is 5. The van der Waals surface area contributed by atoms with Crippen molar-refractivity contribution in [3.05, 3.63) is 132 Å². The third kappa shape index (κ3) is 10.6. The number of aromatic nitrogens is 4. The second kappa shape index (κ2) is 20.0. The van der Waals surface area contributed by atoms with Gasteiger partial charge in [0, 0.05) is 65.4 Å². The average Bonchev–Trinajstić information content (AvgIpc) is 4.15. The molecule has 8 rings (SSSR count). The second-order valence-corrected chi connectivity index (χ2v) is 17.0. The van der Waals surface area contributed by atoms with Crippen LogP contribution in [0.2, 0.25) is 0 Å². The number of rotatable bonds is 12. The third-order valence-electron chi connectivity index (χ3n) is 11.4. The Morgan fingerprint density at radius 2 is 1.27 bits per heavy atom. The van der Waals surface area contributed by atoms with E-state index in [0.29, 0.717) is 66.0 Å². The monoisotopic (exact) mass is 895 g/mol. The molecule has 0 aliphatic carbocycles. The number of hydrogen-bond acceptors (Lipinski definition) is 11. The van der Waals surface area contributed by atoms with Gasteiger partial charge in [0.15, 0.2) is 0 Å². The van der Waals surface area contributed by atoms with Crippen LogP contribution in [0.1, 0.15) is 65.5 Å². The Balaban J connectivity index is 0.000000202. The van der Waals surface area contributed by atoms with Crippen molar-refractivity contribution in [1.82, 2.24) is 20.0 Å². The van der Waals surface area contributed by atoms with E-state index in [0.717, 1.165) is 39.3 Å². The SMILES string of the molecule is COC(=O)c1cc(N2CCC(Cc3cccc(OC)c3)C2=O)ccc1-c1cnn(C(=O)OC(C)(C)C)c1.COc1cccc(CC2CCN(c3ccc(-c4cn[nH]c4)c(C(N)=O)c3)C2=O)c1. The Hall–Kier alpha value is -7.75. The van der Waals surface area contributed by atoms with Crippen LogP contribution in [0.5, 0.6) is 11.5 Å². The van der Waals surface area contributed by atoms with E-state index in [4.69, 9.17) is 24.7 Å². The first-order valence-electron chi connectivity index (χ1n) is 21.5. The Kier molecular flexibility index (Phi) is 14.0. The van der Waals surface area contributed by atoms with Crippen molar-refractivity contribution in [1.29, 1.82) is 0 Å². The summed E-state index contributed by atoms with van der Waals surface area (Å²) < 4.78 is 22.0. The Morgan fingerprint density at radius 1 is 0.727 bits per heavy atom. The summed E-state index contributed by atoms with van der Waals surface area (Å²) in [5.41, 5.74) is 11.5. The van der Waals surface area contributed by atoms with E-state index in [1.165, 1.54) is 19.5 Å². The number of H-pyrrole nitrogens is 1. The molecule has 2 saturated heterocycles. The first-order chi connectivity index (χ1) is 31.7. The number of benzene rings is 4. The van der Waals surface area contributed by atoms with Gasteiger partial charge in [-0.2, -0.15) is 14.9 Å². The molecule has 2 atom stereocenters. The lowest BCUT2D eigenvalue weighted by Gasteiger charge is -2.19. The largest absolute Gasteiger partial charge is 0.497 e. The number of amides is 3. The van der Waals surface area contributed by atoms with Gasteiger partial charge in [-0.05, 0) is 117 Å². The van der Waals surface area contributed by atoms with Crippen molar-refractivity contribution >= 4 is 41.2 Å². The number of nitrogens with two attached hydrogens (primary N) is 1. The number of methoxy groups -OCH3 is 3. The van der Waals surface area contributed by atoms with Gasteiger partial charge in [0.05, 0.1) is 39.3 Å². The number of nitrogens with one attached hydrogen (secondary N) is 1. The molecule has 0 bridgehead atoms. The van der Waals surface area contributed by atoms with E-state index in [9.17, 15) is 24.0 Å². The zero-order valence-electron chi connectivity index (χ0n) is 37.8. The summed E-state index contributed by atoms with van der Waals surface area (Å²) in [4.78, 5) is 66.8. The average molecular weight is 896 g/mol. The zero-order chi connectivity index (χ0) is 47.1. The predicted octanol–water partition coefficient (Wildman–Crippen LogP) is 7.50. The zero-order valence-corrected chi connectivity index (χ0v) is 37.8. The predicted molar refractivity (Wildman–Crippen MR) is 247 cm³/mol. The molecule has 2 aliphatic rings. The van der Waals surface area contributed by atoms with E-state index >= 15 is 0 Å². The van der Waals surface area contributed by atoms with Crippen molar-refractivity contribution in [2.24, 2.45) is 17.6 Å². The first-order valence-corrected chi connectivity index (χ1v) is 21.5. The number of esters is 1. The summed E-state index contributed by atoms with van der Waals surface area (Å²) >= 11 is 0. The molecule has 6 aromatic rings. The highest BCUT2D eigenvalue weighted by Crippen LogP contribution is 2.35. The lowest BCUT2D eigenvalue weighted by molar-refractivity contribution is -0.121. The fourth-order valence-electron chi connectivity index (χ4n) is 8.19. The number of aromatic amines is 1. The van der Waals surface area contributed by atoms with Gasteiger partial charge in [-0.15, -0.1) is 0 Å². The molecule has 16 heteroatoms. The lowest BCUT2D eigenvalue weighted by Crippen LogP contribution is -2.28. The maximum Gasteiger partial charge on any atom is 0.435 e. The first kappa shape index (κ1) is 46.2. The minimum absolute atomic E-state index is 0.00383. The molecular formula is C50H53N7O9. The molecule has 2 unspecified atom stereocenters. The Labute approximate surface area is 382 Å². The molecule has 4 heterocycles. The highest BCUT2D eigenvalue weighted by molar-refractivity contribution is 6.04. The van der Waals surface area contributed by atoms with Crippen LogP contribution >= 0.6 is 0 Å². The van der Waals surface area contributed by atoms with Crippen LogP contribution in [-0.4, -0.2) is 89.8 Å². The summed E-state index contributed by atoms with van der Waals surface area (Å²) in [5.74, 6) is 0.236. The molecule has 16 nitrogen and oxygen atoms in total. The van der Waals surface area contributed by atoms with Crippen LogP contribution in [0.25, 0.3) is 22.3 Å². The van der Waals surface area contributed by atoms with E-state index < -0.39 is 23.6 Å². The van der Waals surface area contributed by atoms with Crippen LogP contribution in [0, 0.1) is 11.8 Å². The molecule has 0 saturated carbocycles. The summed E-state index contributed by atoms with van der Waals surface area (Å²) in [6, 6.07) is 26.0. The summed E-state index contributed by atoms with van der Waals surface area (Å²) in [7, 11) is 4.55. The smallest absolute Gasteiger partial charge is 0.435 e. The fourth-order valence-corrected chi connectivity index (χ4v) is 8.19. The van der Waals surface area contributed by atoms with Gasteiger partial charge < -0.3 is 34.5 Å². The maximum absolute atomic E-state index is 13.3. The normalized spacial score (nSPS) is 15.8. The second-order valence-electron chi connectivity index (χ2n) is 17.0. The Morgan fingerprint density at radius 3 is 1.76 bits per heavy atom. The molecule has 3 N–H and O–H groups in total. The molecule has 4 aromatic carbocycles. The highest BCUT2D eigenvalue weighted by atomic mass is 16.6. The van der Waals surface area contributed by atoms with E-state index in [-0.39, 0.29) is 29.2 Å². The van der Waals surface area contributed by atoms with E-state index in [1.807, 2.05) is 60.7 Å². The van der Waals surface area contributed by atoms with Gasteiger partial charge in [-0.3, -0.25) is 19.5 Å². The third-order valence-corrected chi connectivity index (χ3v) is 11.4. The van der Waals surface area contributed by atoms with Crippen molar-refractivity contribution < 1.29 is 42.9 Å². The molecule has 3 amide bonds. The molecule has 0 spiro atoms. The van der Waals surface area contributed by atoms with E-state index in [2.05, 4.69) is 15.3 Å². The summed E-state index contributed by atoms with van der Waals surface area (Å²) in [6.07, 6.45) is 8.41. The van der Waals surface area contributed by atoms with Crippen molar-refractivity contribution in [3.8, 4) is 33.8 Å².